The lowest BCUT2D eigenvalue weighted by Crippen LogP contribution is -2.37. The molecule has 4 nitrogen and oxygen atoms in total. The molecule has 106 valence electrons. The zero-order valence-electron chi connectivity index (χ0n) is 12.7. The van der Waals surface area contributed by atoms with Crippen LogP contribution in [0.25, 0.3) is 5.69 Å². The van der Waals surface area contributed by atoms with E-state index in [2.05, 4.69) is 11.2 Å². The Bertz CT molecular complexity index is 688. The SMILES string of the molecule is Cc1cc(C)cc(-n2nc(C(C)(C)N)c(=O)cc2C)c1. The van der Waals surface area contributed by atoms with E-state index >= 15 is 0 Å². The third kappa shape index (κ3) is 2.80. The Balaban J connectivity index is 2.71. The van der Waals surface area contributed by atoms with Gasteiger partial charge in [-0.2, -0.15) is 5.10 Å². The van der Waals surface area contributed by atoms with Crippen LogP contribution in [0, 0.1) is 20.8 Å². The fraction of sp³-hybridized carbons (Fsp3) is 0.375. The van der Waals surface area contributed by atoms with E-state index in [1.165, 1.54) is 0 Å². The minimum Gasteiger partial charge on any atom is -0.320 e. The maximum atomic E-state index is 12.0. The van der Waals surface area contributed by atoms with Gasteiger partial charge < -0.3 is 5.73 Å². The molecular formula is C16H21N3O. The predicted molar refractivity (Wildman–Crippen MR) is 81.3 cm³/mol. The summed E-state index contributed by atoms with van der Waals surface area (Å²) < 4.78 is 1.78. The molecule has 0 bridgehead atoms. The zero-order chi connectivity index (χ0) is 15.1. The molecule has 0 amide bonds. The molecular weight excluding hydrogens is 250 g/mol. The molecule has 4 heteroatoms. The summed E-state index contributed by atoms with van der Waals surface area (Å²) in [5.74, 6) is 0. The third-order valence-corrected chi connectivity index (χ3v) is 3.17. The normalized spacial score (nSPS) is 11.7. The van der Waals surface area contributed by atoms with Crippen LogP contribution in [0.4, 0.5) is 0 Å². The van der Waals surface area contributed by atoms with Crippen LogP contribution in [0.5, 0.6) is 0 Å². The van der Waals surface area contributed by atoms with E-state index in [0.717, 1.165) is 22.5 Å². The number of hydrogen-bond donors (Lipinski definition) is 1. The summed E-state index contributed by atoms with van der Waals surface area (Å²) in [6.45, 7) is 9.54. The van der Waals surface area contributed by atoms with Crippen molar-refractivity contribution in [1.29, 1.82) is 0 Å². The van der Waals surface area contributed by atoms with Gasteiger partial charge >= 0.3 is 0 Å². The first-order valence-corrected chi connectivity index (χ1v) is 6.67. The second-order valence-electron chi connectivity index (χ2n) is 5.98. The van der Waals surface area contributed by atoms with Gasteiger partial charge in [0, 0.05) is 11.8 Å². The number of rotatable bonds is 2. The van der Waals surface area contributed by atoms with Crippen LogP contribution < -0.4 is 11.2 Å². The van der Waals surface area contributed by atoms with Crippen LogP contribution in [0.1, 0.15) is 36.4 Å². The second-order valence-corrected chi connectivity index (χ2v) is 5.98. The molecule has 2 rings (SSSR count). The number of benzene rings is 1. The molecule has 2 aromatic rings. The lowest BCUT2D eigenvalue weighted by molar-refractivity contribution is 0.510. The minimum absolute atomic E-state index is 0.115. The molecule has 0 fully saturated rings. The standard InChI is InChI=1S/C16H21N3O/c1-10-6-11(2)8-13(7-10)19-12(3)9-14(20)15(18-19)16(4,5)17/h6-9H,17H2,1-5H3. The Kier molecular flexibility index (Phi) is 3.52. The van der Waals surface area contributed by atoms with Crippen molar-refractivity contribution in [2.45, 2.75) is 40.2 Å². The van der Waals surface area contributed by atoms with Gasteiger partial charge in [0.05, 0.1) is 11.2 Å². The molecule has 0 atom stereocenters. The molecule has 1 aromatic heterocycles. The summed E-state index contributed by atoms with van der Waals surface area (Å²) >= 11 is 0. The Labute approximate surface area is 119 Å². The molecule has 0 aliphatic heterocycles. The second kappa shape index (κ2) is 4.87. The highest BCUT2D eigenvalue weighted by Gasteiger charge is 2.21. The van der Waals surface area contributed by atoms with E-state index in [0.29, 0.717) is 5.69 Å². The Morgan fingerprint density at radius 1 is 1.05 bits per heavy atom. The molecule has 1 aromatic carbocycles. The lowest BCUT2D eigenvalue weighted by atomic mass is 10.0. The van der Waals surface area contributed by atoms with Crippen LogP contribution in [0.15, 0.2) is 29.1 Å². The fourth-order valence-electron chi connectivity index (χ4n) is 2.33. The van der Waals surface area contributed by atoms with Gasteiger partial charge in [0.15, 0.2) is 0 Å². The fourth-order valence-corrected chi connectivity index (χ4v) is 2.33. The zero-order valence-corrected chi connectivity index (χ0v) is 12.7. The minimum atomic E-state index is -0.759. The first kappa shape index (κ1) is 14.5. The molecule has 0 aliphatic rings. The molecule has 0 radical (unpaired) electrons. The summed E-state index contributed by atoms with van der Waals surface area (Å²) in [7, 11) is 0. The van der Waals surface area contributed by atoms with E-state index in [1.54, 1.807) is 24.6 Å². The van der Waals surface area contributed by atoms with Crippen molar-refractivity contribution < 1.29 is 0 Å². The van der Waals surface area contributed by atoms with E-state index in [4.69, 9.17) is 5.73 Å². The van der Waals surface area contributed by atoms with E-state index in [9.17, 15) is 4.79 Å². The molecule has 20 heavy (non-hydrogen) atoms. The highest BCUT2D eigenvalue weighted by atomic mass is 16.1. The topological polar surface area (TPSA) is 60.9 Å². The summed E-state index contributed by atoms with van der Waals surface area (Å²) in [4.78, 5) is 12.0. The van der Waals surface area contributed by atoms with Crippen molar-refractivity contribution in [1.82, 2.24) is 9.78 Å². The van der Waals surface area contributed by atoms with Crippen LogP contribution in [0.3, 0.4) is 0 Å². The van der Waals surface area contributed by atoms with Crippen LogP contribution in [-0.2, 0) is 5.54 Å². The van der Waals surface area contributed by atoms with Gasteiger partial charge in [0.25, 0.3) is 0 Å². The van der Waals surface area contributed by atoms with Gasteiger partial charge in [-0.25, -0.2) is 4.68 Å². The molecule has 2 N–H and O–H groups in total. The van der Waals surface area contributed by atoms with Crippen molar-refractivity contribution in [2.75, 3.05) is 0 Å². The molecule has 0 saturated carbocycles. The van der Waals surface area contributed by atoms with Crippen molar-refractivity contribution >= 4 is 0 Å². The van der Waals surface area contributed by atoms with Crippen LogP contribution in [0.2, 0.25) is 0 Å². The van der Waals surface area contributed by atoms with Gasteiger partial charge in [-0.3, -0.25) is 4.79 Å². The Hall–Kier alpha value is -1.94. The first-order chi connectivity index (χ1) is 9.18. The van der Waals surface area contributed by atoms with E-state index in [-0.39, 0.29) is 5.43 Å². The van der Waals surface area contributed by atoms with E-state index in [1.807, 2.05) is 32.9 Å². The highest BCUT2D eigenvalue weighted by molar-refractivity contribution is 5.40. The van der Waals surface area contributed by atoms with Gasteiger partial charge in [-0.15, -0.1) is 0 Å². The van der Waals surface area contributed by atoms with Crippen molar-refractivity contribution in [2.24, 2.45) is 5.73 Å². The quantitative estimate of drug-likeness (QED) is 0.912. The number of hydrogen-bond acceptors (Lipinski definition) is 3. The summed E-state index contributed by atoms with van der Waals surface area (Å²) in [6, 6.07) is 7.79. The van der Waals surface area contributed by atoms with Crippen molar-refractivity contribution in [3.63, 3.8) is 0 Å². The number of nitrogens with zero attached hydrogens (tertiary/aromatic N) is 2. The van der Waals surface area contributed by atoms with Crippen molar-refractivity contribution in [3.8, 4) is 5.69 Å². The maximum Gasteiger partial charge on any atom is 0.205 e. The molecule has 1 heterocycles. The summed E-state index contributed by atoms with van der Waals surface area (Å²) in [6.07, 6.45) is 0. The van der Waals surface area contributed by atoms with Gasteiger partial charge in [-0.1, -0.05) is 6.07 Å². The molecule has 0 spiro atoms. The molecule has 0 aliphatic carbocycles. The number of aryl methyl sites for hydroxylation is 3. The number of nitrogens with two attached hydrogens (primary N) is 1. The monoisotopic (exact) mass is 271 g/mol. The average Bonchev–Trinajstić information content (AvgIpc) is 2.25. The maximum absolute atomic E-state index is 12.0. The summed E-state index contributed by atoms with van der Waals surface area (Å²) in [5.41, 5.74) is 9.61. The Morgan fingerprint density at radius 3 is 2.10 bits per heavy atom. The van der Waals surface area contributed by atoms with Crippen molar-refractivity contribution in [3.05, 3.63) is 57.0 Å². The predicted octanol–water partition coefficient (Wildman–Crippen LogP) is 2.35. The van der Waals surface area contributed by atoms with Gasteiger partial charge in [-0.05, 0) is 57.9 Å². The van der Waals surface area contributed by atoms with Crippen LogP contribution >= 0.6 is 0 Å². The summed E-state index contributed by atoms with van der Waals surface area (Å²) in [5, 5.41) is 4.47. The smallest absolute Gasteiger partial charge is 0.205 e. The van der Waals surface area contributed by atoms with Gasteiger partial charge in [0.2, 0.25) is 5.43 Å². The first-order valence-electron chi connectivity index (χ1n) is 6.67. The third-order valence-electron chi connectivity index (χ3n) is 3.17. The van der Waals surface area contributed by atoms with Crippen LogP contribution in [-0.4, -0.2) is 9.78 Å². The molecule has 0 saturated heterocycles. The molecule has 0 unspecified atom stereocenters. The van der Waals surface area contributed by atoms with E-state index < -0.39 is 5.54 Å². The number of aromatic nitrogens is 2. The average molecular weight is 271 g/mol. The highest BCUT2D eigenvalue weighted by Crippen LogP contribution is 2.16. The van der Waals surface area contributed by atoms with Gasteiger partial charge in [0.1, 0.15) is 5.69 Å². The Morgan fingerprint density at radius 2 is 1.60 bits per heavy atom. The largest absolute Gasteiger partial charge is 0.320 e. The lowest BCUT2D eigenvalue weighted by Gasteiger charge is -2.20.